The van der Waals surface area contributed by atoms with Crippen molar-refractivity contribution in [1.82, 2.24) is 4.90 Å². The number of anilines is 1. The van der Waals surface area contributed by atoms with Crippen LogP contribution in [0.25, 0.3) is 0 Å². The molecular weight excluding hydrogens is 232 g/mol. The lowest BCUT2D eigenvalue weighted by Crippen LogP contribution is -2.33. The Hall–Kier alpha value is -0.870. The summed E-state index contributed by atoms with van der Waals surface area (Å²) in [6.45, 7) is 1.88. The molecule has 1 rings (SSSR count). The van der Waals surface area contributed by atoms with E-state index in [9.17, 15) is 4.79 Å². The zero-order chi connectivity index (χ0) is 11.6. The van der Waals surface area contributed by atoms with E-state index >= 15 is 0 Å². The van der Waals surface area contributed by atoms with E-state index in [0.29, 0.717) is 5.02 Å². The molecule has 0 saturated heterocycles. The second-order valence-corrected chi connectivity index (χ2v) is 4.26. The van der Waals surface area contributed by atoms with Gasteiger partial charge in [0.05, 0.1) is 5.69 Å². The first kappa shape index (κ1) is 12.2. The van der Waals surface area contributed by atoms with Crippen LogP contribution in [0, 0.1) is 6.92 Å². The molecule has 5 heteroatoms. The summed E-state index contributed by atoms with van der Waals surface area (Å²) in [5.74, 6) is 0. The summed E-state index contributed by atoms with van der Waals surface area (Å²) in [5.41, 5.74) is 1.65. The normalized spacial score (nSPS) is 9.93. The fourth-order valence-corrected chi connectivity index (χ4v) is 1.78. The number of halogens is 1. The Balaban J connectivity index is 3.01. The molecule has 15 heavy (non-hydrogen) atoms. The first-order valence-electron chi connectivity index (χ1n) is 4.40. The minimum atomic E-state index is -0.191. The number of carbonyl (C=O) groups is 1. The van der Waals surface area contributed by atoms with Crippen molar-refractivity contribution in [2.45, 2.75) is 6.92 Å². The monoisotopic (exact) mass is 244 g/mol. The van der Waals surface area contributed by atoms with Crippen molar-refractivity contribution in [3.05, 3.63) is 28.8 Å². The lowest BCUT2D eigenvalue weighted by Gasteiger charge is -2.21. The SMILES string of the molecule is Cc1cc(Cl)ccc1N(S)C(=O)N(C)C. The van der Waals surface area contributed by atoms with Crippen molar-refractivity contribution in [3.8, 4) is 0 Å². The maximum Gasteiger partial charge on any atom is 0.334 e. The van der Waals surface area contributed by atoms with Crippen LogP contribution < -0.4 is 4.31 Å². The van der Waals surface area contributed by atoms with Gasteiger partial charge in [-0.05, 0) is 30.7 Å². The van der Waals surface area contributed by atoms with Crippen LogP contribution >= 0.6 is 24.4 Å². The molecule has 3 nitrogen and oxygen atoms in total. The Labute approximate surface area is 100 Å². The third kappa shape index (κ3) is 2.79. The number of rotatable bonds is 1. The molecule has 0 heterocycles. The molecule has 2 amide bonds. The predicted molar refractivity (Wildman–Crippen MR) is 66.7 cm³/mol. The Morgan fingerprint density at radius 1 is 1.40 bits per heavy atom. The van der Waals surface area contributed by atoms with Crippen LogP contribution in [0.2, 0.25) is 5.02 Å². The van der Waals surface area contributed by atoms with Crippen molar-refractivity contribution in [3.63, 3.8) is 0 Å². The van der Waals surface area contributed by atoms with Gasteiger partial charge in [0.25, 0.3) is 0 Å². The molecule has 0 atom stereocenters. The summed E-state index contributed by atoms with van der Waals surface area (Å²) in [6, 6.07) is 5.11. The molecule has 0 aliphatic rings. The van der Waals surface area contributed by atoms with E-state index in [-0.39, 0.29) is 6.03 Å². The summed E-state index contributed by atoms with van der Waals surface area (Å²) in [4.78, 5) is 13.1. The average Bonchev–Trinajstić information content (AvgIpc) is 2.15. The average molecular weight is 245 g/mol. The van der Waals surface area contributed by atoms with Gasteiger partial charge >= 0.3 is 6.03 Å². The van der Waals surface area contributed by atoms with E-state index in [1.807, 2.05) is 6.92 Å². The van der Waals surface area contributed by atoms with Gasteiger partial charge in [0, 0.05) is 19.1 Å². The maximum atomic E-state index is 11.6. The summed E-state index contributed by atoms with van der Waals surface area (Å²) >= 11 is 9.98. The number of urea groups is 1. The highest BCUT2D eigenvalue weighted by Crippen LogP contribution is 2.25. The van der Waals surface area contributed by atoms with Crippen LogP contribution in [0.3, 0.4) is 0 Å². The molecule has 0 unspecified atom stereocenters. The number of nitrogens with zero attached hydrogens (tertiary/aromatic N) is 2. The van der Waals surface area contributed by atoms with E-state index in [1.165, 1.54) is 9.21 Å². The largest absolute Gasteiger partial charge is 0.334 e. The van der Waals surface area contributed by atoms with Gasteiger partial charge in [0.15, 0.2) is 0 Å². The molecule has 0 radical (unpaired) electrons. The van der Waals surface area contributed by atoms with Crippen molar-refractivity contribution in [1.29, 1.82) is 0 Å². The Bertz CT molecular complexity index is 382. The van der Waals surface area contributed by atoms with Crippen molar-refractivity contribution in [2.75, 3.05) is 18.4 Å². The molecule has 0 aliphatic carbocycles. The Morgan fingerprint density at radius 2 is 2.00 bits per heavy atom. The third-order valence-electron chi connectivity index (χ3n) is 1.95. The highest BCUT2D eigenvalue weighted by Gasteiger charge is 2.15. The van der Waals surface area contributed by atoms with Crippen molar-refractivity contribution < 1.29 is 4.79 Å². The zero-order valence-corrected chi connectivity index (χ0v) is 10.5. The fourth-order valence-electron chi connectivity index (χ4n) is 1.15. The molecule has 0 N–H and O–H groups in total. The summed E-state index contributed by atoms with van der Waals surface area (Å²) in [7, 11) is 3.35. The van der Waals surface area contributed by atoms with Crippen LogP contribution in [-0.2, 0) is 0 Å². The minimum Gasteiger partial charge on any atom is -0.330 e. The standard InChI is InChI=1S/C10H13ClN2OS/c1-7-6-8(11)4-5-9(7)13(15)10(14)12(2)3/h4-6,15H,1-3H3. The van der Waals surface area contributed by atoms with E-state index < -0.39 is 0 Å². The molecule has 0 aromatic heterocycles. The fraction of sp³-hybridized carbons (Fsp3) is 0.300. The summed E-state index contributed by atoms with van der Waals surface area (Å²) in [6.07, 6.45) is 0. The van der Waals surface area contributed by atoms with Crippen molar-refractivity contribution >= 4 is 36.1 Å². The first-order chi connectivity index (χ1) is 6.93. The van der Waals surface area contributed by atoms with Crippen LogP contribution in [0.15, 0.2) is 18.2 Å². The topological polar surface area (TPSA) is 23.6 Å². The van der Waals surface area contributed by atoms with E-state index in [4.69, 9.17) is 11.6 Å². The van der Waals surface area contributed by atoms with E-state index in [2.05, 4.69) is 12.8 Å². The second kappa shape index (κ2) is 4.77. The molecule has 1 aromatic rings. The maximum absolute atomic E-state index is 11.6. The van der Waals surface area contributed by atoms with Crippen LogP contribution in [0.4, 0.5) is 10.5 Å². The number of thiol groups is 1. The lowest BCUT2D eigenvalue weighted by molar-refractivity contribution is 0.228. The molecule has 0 bridgehead atoms. The van der Waals surface area contributed by atoms with Crippen LogP contribution in [0.1, 0.15) is 5.56 Å². The van der Waals surface area contributed by atoms with Gasteiger partial charge in [-0.1, -0.05) is 24.4 Å². The molecule has 0 fully saturated rings. The number of carbonyl (C=O) groups excluding carboxylic acids is 1. The van der Waals surface area contributed by atoms with Crippen molar-refractivity contribution in [2.24, 2.45) is 0 Å². The predicted octanol–water partition coefficient (Wildman–Crippen LogP) is 2.98. The van der Waals surface area contributed by atoms with Gasteiger partial charge < -0.3 is 4.90 Å². The third-order valence-corrected chi connectivity index (χ3v) is 2.57. The van der Waals surface area contributed by atoms with Gasteiger partial charge in [-0.3, -0.25) is 0 Å². The molecule has 1 aromatic carbocycles. The second-order valence-electron chi connectivity index (χ2n) is 3.42. The van der Waals surface area contributed by atoms with Gasteiger partial charge in [0.2, 0.25) is 0 Å². The lowest BCUT2D eigenvalue weighted by atomic mass is 10.2. The Kier molecular flexibility index (Phi) is 3.88. The molecule has 82 valence electrons. The van der Waals surface area contributed by atoms with Gasteiger partial charge in [-0.15, -0.1) is 0 Å². The molecule has 0 spiro atoms. The number of aryl methyl sites for hydroxylation is 1. The minimum absolute atomic E-state index is 0.191. The highest BCUT2D eigenvalue weighted by atomic mass is 35.5. The summed E-state index contributed by atoms with van der Waals surface area (Å²) < 4.78 is 1.30. The van der Waals surface area contributed by atoms with Gasteiger partial charge in [-0.2, -0.15) is 0 Å². The number of hydrogen-bond acceptors (Lipinski definition) is 2. The number of amides is 2. The zero-order valence-electron chi connectivity index (χ0n) is 8.86. The number of hydrogen-bond donors (Lipinski definition) is 1. The van der Waals surface area contributed by atoms with Gasteiger partial charge in [0.1, 0.15) is 0 Å². The molecule has 0 saturated carbocycles. The van der Waals surface area contributed by atoms with Gasteiger partial charge in [-0.25, -0.2) is 9.10 Å². The summed E-state index contributed by atoms with van der Waals surface area (Å²) in [5, 5.41) is 0.648. The number of benzene rings is 1. The Morgan fingerprint density at radius 3 is 2.47 bits per heavy atom. The van der Waals surface area contributed by atoms with E-state index in [0.717, 1.165) is 11.3 Å². The highest BCUT2D eigenvalue weighted by molar-refractivity contribution is 7.82. The molecular formula is C10H13ClN2OS. The van der Waals surface area contributed by atoms with Crippen LogP contribution in [-0.4, -0.2) is 25.0 Å². The van der Waals surface area contributed by atoms with Crippen LogP contribution in [0.5, 0.6) is 0 Å². The van der Waals surface area contributed by atoms with E-state index in [1.54, 1.807) is 32.3 Å². The first-order valence-corrected chi connectivity index (χ1v) is 5.17. The quantitative estimate of drug-likeness (QED) is 0.755. The molecule has 0 aliphatic heterocycles. The smallest absolute Gasteiger partial charge is 0.330 e.